The zero-order chi connectivity index (χ0) is 23.9. The molecule has 0 bridgehead atoms. The molecule has 168 valence electrons. The molecule has 0 radical (unpaired) electrons. The van der Waals surface area contributed by atoms with E-state index < -0.39 is 0 Å². The lowest BCUT2D eigenvalue weighted by atomic mass is 9.92. The third-order valence-electron chi connectivity index (χ3n) is 6.34. The fourth-order valence-corrected chi connectivity index (χ4v) is 4.91. The molecule has 4 aromatic carbocycles. The minimum absolute atomic E-state index is 0.184. The monoisotopic (exact) mass is 472 g/mol. The summed E-state index contributed by atoms with van der Waals surface area (Å²) in [7, 11) is 0. The Morgan fingerprint density at radius 3 is 2.17 bits per heavy atom. The van der Waals surface area contributed by atoms with Crippen molar-refractivity contribution in [3.05, 3.63) is 124 Å². The van der Waals surface area contributed by atoms with E-state index in [0.717, 1.165) is 49.6 Å². The summed E-state index contributed by atoms with van der Waals surface area (Å²) in [5.74, 6) is 0. The molecule has 0 aliphatic heterocycles. The molecule has 4 heteroatoms. The van der Waals surface area contributed by atoms with E-state index in [0.29, 0.717) is 16.3 Å². The first kappa shape index (κ1) is 21.3. The summed E-state index contributed by atoms with van der Waals surface area (Å²) in [6.45, 7) is 2.08. The molecule has 1 N–H and O–H groups in total. The van der Waals surface area contributed by atoms with Crippen LogP contribution in [0.25, 0.3) is 55.3 Å². The molecule has 35 heavy (non-hydrogen) atoms. The first-order chi connectivity index (χ1) is 17.1. The Balaban J connectivity index is 1.76. The maximum absolute atomic E-state index is 13.6. The normalized spacial score (nSPS) is 11.3. The van der Waals surface area contributed by atoms with Crippen molar-refractivity contribution < 1.29 is 0 Å². The topological polar surface area (TPSA) is 45.8 Å². The highest BCUT2D eigenvalue weighted by atomic mass is 35.5. The Morgan fingerprint density at radius 2 is 1.43 bits per heavy atom. The van der Waals surface area contributed by atoms with Crippen LogP contribution in [-0.4, -0.2) is 9.97 Å². The predicted octanol–water partition coefficient (Wildman–Crippen LogP) is 8.04. The number of hydrogen-bond donors (Lipinski definition) is 1. The van der Waals surface area contributed by atoms with Crippen LogP contribution >= 0.6 is 11.6 Å². The molecule has 0 atom stereocenters. The Hall–Kier alpha value is -4.21. The van der Waals surface area contributed by atoms with E-state index in [1.54, 1.807) is 6.07 Å². The number of aromatic amines is 1. The molecule has 0 saturated heterocycles. The molecule has 0 aliphatic rings. The van der Waals surface area contributed by atoms with E-state index in [9.17, 15) is 4.79 Å². The predicted molar refractivity (Wildman–Crippen MR) is 146 cm³/mol. The van der Waals surface area contributed by atoms with Crippen molar-refractivity contribution in [1.82, 2.24) is 9.97 Å². The Morgan fingerprint density at radius 1 is 0.714 bits per heavy atom. The number of hydrogen-bond acceptors (Lipinski definition) is 2. The lowest BCUT2D eigenvalue weighted by Crippen LogP contribution is -2.12. The zero-order valence-corrected chi connectivity index (χ0v) is 19.8. The van der Waals surface area contributed by atoms with Gasteiger partial charge in [0.15, 0.2) is 0 Å². The van der Waals surface area contributed by atoms with Crippen molar-refractivity contribution in [3.8, 4) is 33.5 Å². The van der Waals surface area contributed by atoms with Gasteiger partial charge in [-0.3, -0.25) is 4.79 Å². The van der Waals surface area contributed by atoms with Crippen LogP contribution in [0.5, 0.6) is 0 Å². The second-order valence-corrected chi connectivity index (χ2v) is 9.14. The first-order valence-electron chi connectivity index (χ1n) is 11.5. The molecule has 0 amide bonds. The van der Waals surface area contributed by atoms with Gasteiger partial charge in [-0.25, -0.2) is 4.98 Å². The second-order valence-electron chi connectivity index (χ2n) is 8.70. The minimum atomic E-state index is -0.184. The van der Waals surface area contributed by atoms with Crippen LogP contribution in [0.4, 0.5) is 0 Å². The van der Waals surface area contributed by atoms with E-state index >= 15 is 0 Å². The Bertz CT molecular complexity index is 1770. The van der Waals surface area contributed by atoms with Gasteiger partial charge < -0.3 is 4.98 Å². The molecule has 2 aromatic heterocycles. The van der Waals surface area contributed by atoms with Crippen LogP contribution in [-0.2, 0) is 0 Å². The SMILES string of the molecule is Cc1ccc2nc(-c3c(-c4ccccc4)c4cc(Cl)ccc4[nH]c3=O)cc(-c3ccccc3)c2c1. The zero-order valence-electron chi connectivity index (χ0n) is 19.0. The summed E-state index contributed by atoms with van der Waals surface area (Å²) in [6, 6.07) is 34.0. The van der Waals surface area contributed by atoms with Crippen molar-refractivity contribution in [1.29, 1.82) is 0 Å². The van der Waals surface area contributed by atoms with Crippen LogP contribution in [0.2, 0.25) is 5.02 Å². The first-order valence-corrected chi connectivity index (χ1v) is 11.8. The van der Waals surface area contributed by atoms with E-state index in [4.69, 9.17) is 16.6 Å². The van der Waals surface area contributed by atoms with Gasteiger partial charge >= 0.3 is 0 Å². The second kappa shape index (κ2) is 8.53. The van der Waals surface area contributed by atoms with Gasteiger partial charge in [0.2, 0.25) is 0 Å². The third-order valence-corrected chi connectivity index (χ3v) is 6.58. The molecular weight excluding hydrogens is 452 g/mol. The number of benzene rings is 4. The number of pyridine rings is 2. The number of halogens is 1. The quantitative estimate of drug-likeness (QED) is 0.283. The summed E-state index contributed by atoms with van der Waals surface area (Å²) in [5.41, 5.74) is 7.60. The van der Waals surface area contributed by atoms with Crippen molar-refractivity contribution in [3.63, 3.8) is 0 Å². The van der Waals surface area contributed by atoms with Gasteiger partial charge in [-0.15, -0.1) is 0 Å². The van der Waals surface area contributed by atoms with Gasteiger partial charge in [0.25, 0.3) is 5.56 Å². The van der Waals surface area contributed by atoms with Gasteiger partial charge in [0.05, 0.1) is 16.8 Å². The average Bonchev–Trinajstić information content (AvgIpc) is 2.88. The van der Waals surface area contributed by atoms with E-state index in [1.807, 2.05) is 72.8 Å². The smallest absolute Gasteiger partial charge is 0.258 e. The maximum Gasteiger partial charge on any atom is 0.258 e. The summed E-state index contributed by atoms with van der Waals surface area (Å²) >= 11 is 6.41. The number of aryl methyl sites for hydroxylation is 1. The standard InChI is InChI=1S/C31H21ClN2O/c1-19-12-14-26-24(16-19)23(20-8-4-2-5-9-20)18-28(33-26)30-29(21-10-6-3-7-11-21)25-17-22(32)13-15-27(25)34-31(30)35/h2-18H,1H3,(H,34,35). The molecule has 6 rings (SSSR count). The van der Waals surface area contributed by atoms with Crippen LogP contribution in [0.1, 0.15) is 5.56 Å². The minimum Gasteiger partial charge on any atom is -0.321 e. The molecule has 3 nitrogen and oxygen atoms in total. The fourth-order valence-electron chi connectivity index (χ4n) is 4.74. The molecule has 0 spiro atoms. The van der Waals surface area contributed by atoms with Gasteiger partial charge in [-0.2, -0.15) is 0 Å². The average molecular weight is 473 g/mol. The van der Waals surface area contributed by atoms with Crippen LogP contribution in [0, 0.1) is 6.92 Å². The van der Waals surface area contributed by atoms with Crippen LogP contribution in [0.15, 0.2) is 108 Å². The summed E-state index contributed by atoms with van der Waals surface area (Å²) in [5, 5.41) is 2.55. The van der Waals surface area contributed by atoms with Gasteiger partial charge in [-0.05, 0) is 60.0 Å². The summed E-state index contributed by atoms with van der Waals surface area (Å²) in [6.07, 6.45) is 0. The van der Waals surface area contributed by atoms with Crippen molar-refractivity contribution in [2.45, 2.75) is 6.92 Å². The molecule has 0 unspecified atom stereocenters. The van der Waals surface area contributed by atoms with E-state index in [-0.39, 0.29) is 5.56 Å². The number of rotatable bonds is 3. The number of fused-ring (bicyclic) bond motifs is 2. The molecule has 0 aliphatic carbocycles. The molecule has 2 heterocycles. The van der Waals surface area contributed by atoms with Gasteiger partial charge in [0.1, 0.15) is 0 Å². The Labute approximate surface area is 207 Å². The molecule has 0 saturated carbocycles. The highest BCUT2D eigenvalue weighted by Crippen LogP contribution is 2.38. The highest BCUT2D eigenvalue weighted by Gasteiger charge is 2.20. The Kier molecular flexibility index (Phi) is 5.20. The van der Waals surface area contributed by atoms with Crippen molar-refractivity contribution in [2.24, 2.45) is 0 Å². The summed E-state index contributed by atoms with van der Waals surface area (Å²) < 4.78 is 0. The number of nitrogens with one attached hydrogen (secondary N) is 1. The number of nitrogens with zero attached hydrogens (tertiary/aromatic N) is 1. The van der Waals surface area contributed by atoms with E-state index in [2.05, 4.69) is 36.2 Å². The third kappa shape index (κ3) is 3.80. The fraction of sp³-hybridized carbons (Fsp3) is 0.0323. The largest absolute Gasteiger partial charge is 0.321 e. The highest BCUT2D eigenvalue weighted by molar-refractivity contribution is 6.31. The maximum atomic E-state index is 13.6. The van der Waals surface area contributed by atoms with Crippen LogP contribution in [0.3, 0.4) is 0 Å². The van der Waals surface area contributed by atoms with Crippen molar-refractivity contribution >= 4 is 33.4 Å². The van der Waals surface area contributed by atoms with Gasteiger partial charge in [-0.1, -0.05) is 83.9 Å². The lowest BCUT2D eigenvalue weighted by molar-refractivity contribution is 1.28. The molecule has 0 fully saturated rings. The molecule has 6 aromatic rings. The lowest BCUT2D eigenvalue weighted by Gasteiger charge is -2.15. The van der Waals surface area contributed by atoms with Gasteiger partial charge in [0, 0.05) is 26.9 Å². The number of aromatic nitrogens is 2. The van der Waals surface area contributed by atoms with Crippen LogP contribution < -0.4 is 5.56 Å². The number of H-pyrrole nitrogens is 1. The summed E-state index contributed by atoms with van der Waals surface area (Å²) in [4.78, 5) is 21.7. The molecular formula is C31H21ClN2O. The van der Waals surface area contributed by atoms with Crippen molar-refractivity contribution in [2.75, 3.05) is 0 Å². The van der Waals surface area contributed by atoms with E-state index in [1.165, 1.54) is 0 Å².